The van der Waals surface area contributed by atoms with Gasteiger partial charge in [-0.25, -0.2) is 0 Å². The molecule has 0 amide bonds. The second kappa shape index (κ2) is 5.50. The highest BCUT2D eigenvalue weighted by Gasteiger charge is 2.32. The summed E-state index contributed by atoms with van der Waals surface area (Å²) in [6.07, 6.45) is -1.10. The first-order chi connectivity index (χ1) is 7.45. The van der Waals surface area contributed by atoms with Gasteiger partial charge >= 0.3 is 6.18 Å². The van der Waals surface area contributed by atoms with Crippen LogP contribution < -0.4 is 0 Å². The molecule has 0 aliphatic heterocycles. The van der Waals surface area contributed by atoms with Crippen molar-refractivity contribution in [2.75, 3.05) is 13.7 Å². The van der Waals surface area contributed by atoms with Gasteiger partial charge < -0.3 is 4.74 Å². The van der Waals surface area contributed by atoms with Gasteiger partial charge in [0.2, 0.25) is 0 Å². The van der Waals surface area contributed by atoms with Crippen molar-refractivity contribution in [1.82, 2.24) is 0 Å². The average molecular weight is 295 g/mol. The van der Waals surface area contributed by atoms with Crippen molar-refractivity contribution >= 4 is 22.0 Å². The first-order valence-electron chi connectivity index (χ1n) is 4.47. The molecule has 1 rings (SSSR count). The smallest absolute Gasteiger partial charge is 0.381 e. The summed E-state index contributed by atoms with van der Waals surface area (Å²) in [6.45, 7) is 0.372. The number of halogens is 4. The summed E-state index contributed by atoms with van der Waals surface area (Å²) in [6, 6.07) is 4.08. The molecule has 0 unspecified atom stereocenters. The fourth-order valence-corrected chi connectivity index (χ4v) is 1.62. The third-order valence-electron chi connectivity index (χ3n) is 1.87. The summed E-state index contributed by atoms with van der Waals surface area (Å²) in [5, 5.41) is 0. The van der Waals surface area contributed by atoms with Gasteiger partial charge in [-0.1, -0.05) is 34.1 Å². The van der Waals surface area contributed by atoms with E-state index in [1.807, 2.05) is 0 Å². The van der Waals surface area contributed by atoms with Crippen molar-refractivity contribution in [3.8, 4) is 0 Å². The fourth-order valence-electron chi connectivity index (χ4n) is 1.14. The van der Waals surface area contributed by atoms with Crippen molar-refractivity contribution in [2.24, 2.45) is 0 Å². The minimum atomic E-state index is -4.34. The zero-order valence-corrected chi connectivity index (χ0v) is 10.1. The standard InChI is InChI=1S/C11H10BrF3O/c1-16-6-2-3-8-4-5-10(12)9(7-8)11(13,14)15/h2-5,7H,6H2,1H3/b3-2+. The summed E-state index contributed by atoms with van der Waals surface area (Å²) in [5.74, 6) is 0. The molecule has 0 saturated carbocycles. The first kappa shape index (κ1) is 13.3. The molecule has 0 aliphatic rings. The lowest BCUT2D eigenvalue weighted by Gasteiger charge is -2.09. The Hall–Kier alpha value is -0.810. The summed E-state index contributed by atoms with van der Waals surface area (Å²) >= 11 is 2.88. The Labute approximate surface area is 100 Å². The van der Waals surface area contributed by atoms with Gasteiger partial charge in [0, 0.05) is 11.6 Å². The van der Waals surface area contributed by atoms with Crippen molar-refractivity contribution in [3.05, 3.63) is 39.9 Å². The normalized spacial score (nSPS) is 12.3. The topological polar surface area (TPSA) is 9.23 Å². The van der Waals surface area contributed by atoms with Gasteiger partial charge in [0.05, 0.1) is 12.2 Å². The predicted molar refractivity (Wildman–Crippen MR) is 60.1 cm³/mol. The third-order valence-corrected chi connectivity index (χ3v) is 2.56. The lowest BCUT2D eigenvalue weighted by Crippen LogP contribution is -2.06. The minimum absolute atomic E-state index is 0.0453. The highest BCUT2D eigenvalue weighted by molar-refractivity contribution is 9.10. The number of alkyl halides is 3. The maximum Gasteiger partial charge on any atom is 0.417 e. The number of benzene rings is 1. The first-order valence-corrected chi connectivity index (χ1v) is 5.26. The Morgan fingerprint density at radius 2 is 2.06 bits per heavy atom. The molecule has 1 aromatic carbocycles. The van der Waals surface area contributed by atoms with Crippen LogP contribution in [0.25, 0.3) is 6.08 Å². The van der Waals surface area contributed by atoms with E-state index in [1.54, 1.807) is 18.2 Å². The number of rotatable bonds is 3. The molecule has 0 N–H and O–H groups in total. The predicted octanol–water partition coefficient (Wildman–Crippen LogP) is 4.13. The van der Waals surface area contributed by atoms with Crippen LogP contribution in [0.5, 0.6) is 0 Å². The SMILES string of the molecule is COC/C=C/c1ccc(Br)c(C(F)(F)F)c1. The van der Waals surface area contributed by atoms with Gasteiger partial charge in [-0.05, 0) is 17.7 Å². The number of ether oxygens (including phenoxy) is 1. The van der Waals surface area contributed by atoms with Crippen LogP contribution in [-0.4, -0.2) is 13.7 Å². The molecule has 5 heteroatoms. The summed E-state index contributed by atoms with van der Waals surface area (Å²) in [7, 11) is 1.52. The average Bonchev–Trinajstić information content (AvgIpc) is 2.19. The van der Waals surface area contributed by atoms with Crippen LogP contribution >= 0.6 is 15.9 Å². The number of methoxy groups -OCH3 is 1. The second-order valence-corrected chi connectivity index (χ2v) is 3.95. The van der Waals surface area contributed by atoms with E-state index in [0.29, 0.717) is 12.2 Å². The van der Waals surface area contributed by atoms with E-state index in [4.69, 9.17) is 4.74 Å². The molecule has 16 heavy (non-hydrogen) atoms. The molecule has 0 saturated heterocycles. The lowest BCUT2D eigenvalue weighted by molar-refractivity contribution is -0.138. The van der Waals surface area contributed by atoms with Crippen LogP contribution in [0.4, 0.5) is 13.2 Å². The summed E-state index contributed by atoms with van der Waals surface area (Å²) < 4.78 is 42.4. The minimum Gasteiger partial charge on any atom is -0.381 e. The second-order valence-electron chi connectivity index (χ2n) is 3.09. The van der Waals surface area contributed by atoms with Gasteiger partial charge in [-0.2, -0.15) is 13.2 Å². The Morgan fingerprint density at radius 1 is 1.38 bits per heavy atom. The third kappa shape index (κ3) is 3.64. The van der Waals surface area contributed by atoms with Crippen molar-refractivity contribution in [2.45, 2.75) is 6.18 Å². The quantitative estimate of drug-likeness (QED) is 0.814. The highest BCUT2D eigenvalue weighted by atomic mass is 79.9. The van der Waals surface area contributed by atoms with Gasteiger partial charge in [0.15, 0.2) is 0 Å². The summed E-state index contributed by atoms with van der Waals surface area (Å²) in [4.78, 5) is 0. The molecule has 0 heterocycles. The van der Waals surface area contributed by atoms with Crippen molar-refractivity contribution in [1.29, 1.82) is 0 Å². The molecular weight excluding hydrogens is 285 g/mol. The molecule has 0 aliphatic carbocycles. The van der Waals surface area contributed by atoms with Crippen LogP contribution in [0, 0.1) is 0 Å². The Morgan fingerprint density at radius 3 is 2.62 bits per heavy atom. The highest BCUT2D eigenvalue weighted by Crippen LogP contribution is 2.35. The van der Waals surface area contributed by atoms with Crippen LogP contribution in [0.2, 0.25) is 0 Å². The maximum atomic E-state index is 12.5. The van der Waals surface area contributed by atoms with E-state index in [-0.39, 0.29) is 4.47 Å². The monoisotopic (exact) mass is 294 g/mol. The Bertz CT molecular complexity index is 385. The van der Waals surface area contributed by atoms with E-state index in [9.17, 15) is 13.2 Å². The van der Waals surface area contributed by atoms with Gasteiger partial charge in [0.1, 0.15) is 0 Å². The number of hydrogen-bond donors (Lipinski definition) is 0. The zero-order chi connectivity index (χ0) is 12.2. The molecule has 0 fully saturated rings. The fraction of sp³-hybridized carbons (Fsp3) is 0.273. The number of hydrogen-bond acceptors (Lipinski definition) is 1. The van der Waals surface area contributed by atoms with E-state index < -0.39 is 11.7 Å². The van der Waals surface area contributed by atoms with Crippen LogP contribution in [-0.2, 0) is 10.9 Å². The van der Waals surface area contributed by atoms with Crippen LogP contribution in [0.1, 0.15) is 11.1 Å². The molecular formula is C11H10BrF3O. The van der Waals surface area contributed by atoms with Crippen LogP contribution in [0.15, 0.2) is 28.7 Å². The Kier molecular flexibility index (Phi) is 4.56. The van der Waals surface area contributed by atoms with Crippen LogP contribution in [0.3, 0.4) is 0 Å². The summed E-state index contributed by atoms with van der Waals surface area (Å²) in [5.41, 5.74) is -0.181. The molecule has 88 valence electrons. The van der Waals surface area contributed by atoms with E-state index in [2.05, 4.69) is 15.9 Å². The molecule has 0 radical (unpaired) electrons. The molecule has 0 spiro atoms. The van der Waals surface area contributed by atoms with Crippen molar-refractivity contribution in [3.63, 3.8) is 0 Å². The molecule has 0 aromatic heterocycles. The Balaban J connectivity index is 2.99. The largest absolute Gasteiger partial charge is 0.417 e. The lowest BCUT2D eigenvalue weighted by atomic mass is 10.1. The molecule has 0 bridgehead atoms. The van der Waals surface area contributed by atoms with Gasteiger partial charge in [-0.3, -0.25) is 0 Å². The van der Waals surface area contributed by atoms with E-state index >= 15 is 0 Å². The molecule has 1 nitrogen and oxygen atoms in total. The van der Waals surface area contributed by atoms with E-state index in [1.165, 1.54) is 13.2 Å². The zero-order valence-electron chi connectivity index (χ0n) is 8.51. The maximum absolute atomic E-state index is 12.5. The molecule has 1 aromatic rings. The molecule has 0 atom stereocenters. The van der Waals surface area contributed by atoms with E-state index in [0.717, 1.165) is 6.07 Å². The van der Waals surface area contributed by atoms with Crippen molar-refractivity contribution < 1.29 is 17.9 Å². The van der Waals surface area contributed by atoms with Gasteiger partial charge in [0.25, 0.3) is 0 Å². The van der Waals surface area contributed by atoms with Gasteiger partial charge in [-0.15, -0.1) is 0 Å².